The third-order valence-electron chi connectivity index (χ3n) is 5.35. The highest BCUT2D eigenvalue weighted by Crippen LogP contribution is 2.33. The summed E-state index contributed by atoms with van der Waals surface area (Å²) in [5, 5.41) is 0. The summed E-state index contributed by atoms with van der Waals surface area (Å²) in [5.74, 6) is 0.0111. The molecule has 1 aromatic carbocycles. The normalized spacial score (nSPS) is 26.9. The van der Waals surface area contributed by atoms with E-state index in [0.29, 0.717) is 24.7 Å². The average molecular weight is 346 g/mol. The van der Waals surface area contributed by atoms with Gasteiger partial charge in [-0.25, -0.2) is 8.42 Å². The fourth-order valence-electron chi connectivity index (χ4n) is 4.04. The molecule has 5 nitrogen and oxygen atoms in total. The molecule has 1 aromatic rings. The summed E-state index contributed by atoms with van der Waals surface area (Å²) in [5.41, 5.74) is 0.572. The molecular formula is C18H22N2O3S. The summed E-state index contributed by atoms with van der Waals surface area (Å²) in [7, 11) is -3.42. The number of benzene rings is 1. The Morgan fingerprint density at radius 2 is 1.75 bits per heavy atom. The first-order valence-corrected chi connectivity index (χ1v) is 10.1. The van der Waals surface area contributed by atoms with Crippen LogP contribution in [0.4, 0.5) is 0 Å². The molecule has 1 amide bonds. The van der Waals surface area contributed by atoms with Crippen LogP contribution in [0.1, 0.15) is 42.5 Å². The molecule has 0 unspecified atom stereocenters. The number of rotatable bonds is 3. The van der Waals surface area contributed by atoms with Crippen molar-refractivity contribution in [3.8, 4) is 0 Å². The van der Waals surface area contributed by atoms with Crippen molar-refractivity contribution < 1.29 is 13.2 Å². The molecule has 0 aliphatic carbocycles. The van der Waals surface area contributed by atoms with Crippen LogP contribution in [0.5, 0.6) is 0 Å². The Kier molecular flexibility index (Phi) is 3.96. The minimum atomic E-state index is -3.42. The third-order valence-corrected chi connectivity index (χ3v) is 7.26. The van der Waals surface area contributed by atoms with Gasteiger partial charge < -0.3 is 4.90 Å². The predicted octanol–water partition coefficient (Wildman–Crippen LogP) is 2.40. The van der Waals surface area contributed by atoms with E-state index in [-0.39, 0.29) is 16.8 Å². The van der Waals surface area contributed by atoms with E-state index in [1.165, 1.54) is 4.31 Å². The Morgan fingerprint density at radius 1 is 1.04 bits per heavy atom. The van der Waals surface area contributed by atoms with Gasteiger partial charge in [0.15, 0.2) is 0 Å². The van der Waals surface area contributed by atoms with Gasteiger partial charge in [0.1, 0.15) is 0 Å². The van der Waals surface area contributed by atoms with Gasteiger partial charge in [-0.3, -0.25) is 4.79 Å². The zero-order chi connectivity index (χ0) is 16.7. The topological polar surface area (TPSA) is 57.7 Å². The highest BCUT2D eigenvalue weighted by atomic mass is 32.2. The van der Waals surface area contributed by atoms with E-state index in [2.05, 4.69) is 12.2 Å². The molecule has 24 heavy (non-hydrogen) atoms. The molecule has 3 aliphatic heterocycles. The molecule has 0 N–H and O–H groups in total. The second-order valence-electron chi connectivity index (χ2n) is 6.81. The first kappa shape index (κ1) is 15.8. The lowest BCUT2D eigenvalue weighted by atomic mass is 10.1. The zero-order valence-electron chi connectivity index (χ0n) is 13.6. The lowest BCUT2D eigenvalue weighted by Crippen LogP contribution is -2.42. The van der Waals surface area contributed by atoms with Crippen LogP contribution in [0.15, 0.2) is 41.3 Å². The SMILES string of the molecule is O=C(c1ccc(S(=O)(=O)N2CCCC2)cc1)N1[C@H]2CC=C[C@H]1CC2. The van der Waals surface area contributed by atoms with E-state index in [4.69, 9.17) is 0 Å². The first-order valence-electron chi connectivity index (χ1n) is 8.67. The summed E-state index contributed by atoms with van der Waals surface area (Å²) >= 11 is 0. The van der Waals surface area contributed by atoms with Crippen LogP contribution in [0, 0.1) is 0 Å². The molecule has 0 radical (unpaired) electrons. The second kappa shape index (κ2) is 6.01. The molecule has 2 atom stereocenters. The second-order valence-corrected chi connectivity index (χ2v) is 8.75. The van der Waals surface area contributed by atoms with Crippen molar-refractivity contribution in [1.29, 1.82) is 0 Å². The maximum Gasteiger partial charge on any atom is 0.254 e. The van der Waals surface area contributed by atoms with Crippen molar-refractivity contribution in [2.45, 2.75) is 49.1 Å². The number of sulfonamides is 1. The van der Waals surface area contributed by atoms with E-state index in [9.17, 15) is 13.2 Å². The quantitative estimate of drug-likeness (QED) is 0.790. The highest BCUT2D eigenvalue weighted by Gasteiger charge is 2.37. The van der Waals surface area contributed by atoms with E-state index >= 15 is 0 Å². The first-order chi connectivity index (χ1) is 11.6. The summed E-state index contributed by atoms with van der Waals surface area (Å²) in [6.45, 7) is 1.18. The lowest BCUT2D eigenvalue weighted by Gasteiger charge is -2.31. The maximum atomic E-state index is 12.8. The Morgan fingerprint density at radius 3 is 2.42 bits per heavy atom. The number of fused-ring (bicyclic) bond motifs is 2. The summed E-state index contributed by atoms with van der Waals surface area (Å²) in [6, 6.07) is 6.95. The van der Waals surface area contributed by atoms with Crippen LogP contribution in [-0.4, -0.2) is 48.7 Å². The van der Waals surface area contributed by atoms with Gasteiger partial charge in [0.05, 0.1) is 10.9 Å². The minimum absolute atomic E-state index is 0.0111. The number of carbonyl (C=O) groups is 1. The fraction of sp³-hybridized carbons (Fsp3) is 0.500. The third kappa shape index (κ3) is 2.58. The molecule has 128 valence electrons. The molecule has 0 aromatic heterocycles. The molecule has 2 bridgehead atoms. The van der Waals surface area contributed by atoms with Gasteiger partial charge in [0, 0.05) is 24.7 Å². The monoisotopic (exact) mass is 346 g/mol. The van der Waals surface area contributed by atoms with Crippen LogP contribution in [0.2, 0.25) is 0 Å². The van der Waals surface area contributed by atoms with E-state index in [0.717, 1.165) is 32.1 Å². The van der Waals surface area contributed by atoms with E-state index < -0.39 is 10.0 Å². The zero-order valence-corrected chi connectivity index (χ0v) is 14.4. The van der Waals surface area contributed by atoms with Gasteiger partial charge in [0.25, 0.3) is 5.91 Å². The van der Waals surface area contributed by atoms with Crippen LogP contribution < -0.4 is 0 Å². The number of nitrogens with zero attached hydrogens (tertiary/aromatic N) is 2. The Labute approximate surface area is 143 Å². The molecule has 0 saturated carbocycles. The fourth-order valence-corrected chi connectivity index (χ4v) is 5.55. The molecule has 6 heteroatoms. The molecule has 2 fully saturated rings. The van der Waals surface area contributed by atoms with Gasteiger partial charge in [-0.2, -0.15) is 4.31 Å². The van der Waals surface area contributed by atoms with Crippen molar-refractivity contribution >= 4 is 15.9 Å². The number of carbonyl (C=O) groups excluding carboxylic acids is 1. The van der Waals surface area contributed by atoms with Crippen molar-refractivity contribution in [2.75, 3.05) is 13.1 Å². The molecule has 2 saturated heterocycles. The average Bonchev–Trinajstić information content (AvgIpc) is 3.22. The van der Waals surface area contributed by atoms with Gasteiger partial charge >= 0.3 is 0 Å². The van der Waals surface area contributed by atoms with E-state index in [1.54, 1.807) is 24.3 Å². The highest BCUT2D eigenvalue weighted by molar-refractivity contribution is 7.89. The van der Waals surface area contributed by atoms with Crippen molar-refractivity contribution in [1.82, 2.24) is 9.21 Å². The molecule has 3 aliphatic rings. The lowest BCUT2D eigenvalue weighted by molar-refractivity contribution is 0.0689. The number of hydrogen-bond donors (Lipinski definition) is 0. The van der Waals surface area contributed by atoms with Crippen molar-refractivity contribution in [2.24, 2.45) is 0 Å². The standard InChI is InChI=1S/C18H22N2O3S/c21-18(20-15-4-3-5-16(20)9-8-15)14-6-10-17(11-7-14)24(22,23)19-12-1-2-13-19/h3-4,6-7,10-11,15-16H,1-2,5,8-9,12-13H2/t15-,16-/m0/s1. The Bertz CT molecular complexity index is 764. The Balaban J connectivity index is 1.56. The maximum absolute atomic E-state index is 12.8. The largest absolute Gasteiger partial charge is 0.329 e. The summed E-state index contributed by atoms with van der Waals surface area (Å²) in [4.78, 5) is 15.1. The minimum Gasteiger partial charge on any atom is -0.329 e. The molecule has 4 rings (SSSR count). The summed E-state index contributed by atoms with van der Waals surface area (Å²) in [6.07, 6.45) is 9.11. The van der Waals surface area contributed by atoms with Crippen LogP contribution in [0.25, 0.3) is 0 Å². The van der Waals surface area contributed by atoms with Gasteiger partial charge in [-0.1, -0.05) is 12.2 Å². The van der Waals surface area contributed by atoms with Crippen LogP contribution >= 0.6 is 0 Å². The number of hydrogen-bond acceptors (Lipinski definition) is 3. The molecular weight excluding hydrogens is 324 g/mol. The van der Waals surface area contributed by atoms with Crippen LogP contribution in [0.3, 0.4) is 0 Å². The van der Waals surface area contributed by atoms with Gasteiger partial charge in [-0.15, -0.1) is 0 Å². The summed E-state index contributed by atoms with van der Waals surface area (Å²) < 4.78 is 26.6. The Hall–Kier alpha value is -1.66. The molecule has 0 spiro atoms. The van der Waals surface area contributed by atoms with Gasteiger partial charge in [0.2, 0.25) is 10.0 Å². The van der Waals surface area contributed by atoms with Crippen LogP contribution in [-0.2, 0) is 10.0 Å². The van der Waals surface area contributed by atoms with E-state index in [1.807, 2.05) is 4.90 Å². The molecule has 3 heterocycles. The number of amides is 1. The van der Waals surface area contributed by atoms with Crippen molar-refractivity contribution in [3.05, 3.63) is 42.0 Å². The van der Waals surface area contributed by atoms with Crippen molar-refractivity contribution in [3.63, 3.8) is 0 Å². The predicted molar refractivity (Wildman–Crippen MR) is 91.2 cm³/mol. The smallest absolute Gasteiger partial charge is 0.254 e. The van der Waals surface area contributed by atoms with Gasteiger partial charge in [-0.05, 0) is 56.4 Å².